The van der Waals surface area contributed by atoms with Gasteiger partial charge in [0.15, 0.2) is 0 Å². The minimum atomic E-state index is -1.05. The van der Waals surface area contributed by atoms with E-state index in [0.29, 0.717) is 0 Å². The molecule has 0 aliphatic rings. The van der Waals surface area contributed by atoms with Gasteiger partial charge >= 0.3 is 12.1 Å². The van der Waals surface area contributed by atoms with Crippen LogP contribution in [0.3, 0.4) is 0 Å². The third-order valence-electron chi connectivity index (χ3n) is 2.33. The van der Waals surface area contributed by atoms with Crippen LogP contribution < -0.4 is 10.9 Å². The zero-order valence-corrected chi connectivity index (χ0v) is 11.8. The Morgan fingerprint density at radius 1 is 1.25 bits per heavy atom. The SMILES string of the molecule is CC(C)(C)OC(=O)NNC(Cc1ccccc1)C(=O)O. The van der Waals surface area contributed by atoms with Gasteiger partial charge in [0.2, 0.25) is 0 Å². The Balaban J connectivity index is 2.52. The standard InChI is InChI=1S/C14H20N2O4/c1-14(2,3)20-13(19)16-15-11(12(17)18)9-10-7-5-4-6-8-10/h4-8,11,15H,9H2,1-3H3,(H,16,19)(H,17,18). The molecule has 0 aliphatic carbocycles. The number of rotatable bonds is 5. The predicted molar refractivity (Wildman–Crippen MR) is 74.1 cm³/mol. The van der Waals surface area contributed by atoms with Crippen molar-refractivity contribution in [1.82, 2.24) is 10.9 Å². The molecule has 1 aromatic rings. The topological polar surface area (TPSA) is 87.7 Å². The van der Waals surface area contributed by atoms with Gasteiger partial charge in [-0.25, -0.2) is 10.2 Å². The third-order valence-corrected chi connectivity index (χ3v) is 2.33. The molecule has 0 radical (unpaired) electrons. The van der Waals surface area contributed by atoms with Crippen molar-refractivity contribution in [2.45, 2.75) is 38.8 Å². The third kappa shape index (κ3) is 6.19. The van der Waals surface area contributed by atoms with Crippen LogP contribution in [0.5, 0.6) is 0 Å². The fraction of sp³-hybridized carbons (Fsp3) is 0.429. The number of hydrogen-bond donors (Lipinski definition) is 3. The molecule has 0 saturated heterocycles. The molecule has 1 atom stereocenters. The Morgan fingerprint density at radius 3 is 2.35 bits per heavy atom. The van der Waals surface area contributed by atoms with Crippen LogP contribution in [0.15, 0.2) is 30.3 Å². The van der Waals surface area contributed by atoms with Crippen molar-refractivity contribution in [2.24, 2.45) is 0 Å². The number of carbonyl (C=O) groups excluding carboxylic acids is 1. The Kier molecular flexibility index (Phi) is 5.52. The first-order valence-corrected chi connectivity index (χ1v) is 6.29. The molecular weight excluding hydrogens is 260 g/mol. The number of hydrogen-bond acceptors (Lipinski definition) is 4. The Hall–Kier alpha value is -2.08. The number of benzene rings is 1. The highest BCUT2D eigenvalue weighted by atomic mass is 16.6. The van der Waals surface area contributed by atoms with Crippen LogP contribution in [0.1, 0.15) is 26.3 Å². The summed E-state index contributed by atoms with van der Waals surface area (Å²) in [6.07, 6.45) is -0.455. The van der Waals surface area contributed by atoms with E-state index in [4.69, 9.17) is 9.84 Å². The smallest absolute Gasteiger partial charge is 0.422 e. The molecule has 0 aromatic heterocycles. The molecule has 1 amide bonds. The Morgan fingerprint density at radius 2 is 1.85 bits per heavy atom. The van der Waals surface area contributed by atoms with Crippen LogP contribution in [0.25, 0.3) is 0 Å². The molecule has 0 spiro atoms. The van der Waals surface area contributed by atoms with Gasteiger partial charge in [-0.05, 0) is 26.3 Å². The molecule has 6 nitrogen and oxygen atoms in total. The normalized spacial score (nSPS) is 12.6. The first-order chi connectivity index (χ1) is 9.28. The quantitative estimate of drug-likeness (QED) is 0.715. The van der Waals surface area contributed by atoms with Crippen LogP contribution in [0, 0.1) is 0 Å². The van der Waals surface area contributed by atoms with E-state index in [0.717, 1.165) is 5.56 Å². The highest BCUT2D eigenvalue weighted by Gasteiger charge is 2.21. The second-order valence-corrected chi connectivity index (χ2v) is 5.35. The summed E-state index contributed by atoms with van der Waals surface area (Å²) in [6, 6.07) is 8.23. The van der Waals surface area contributed by atoms with Crippen molar-refractivity contribution in [1.29, 1.82) is 0 Å². The number of amides is 1. The summed E-state index contributed by atoms with van der Waals surface area (Å²) in [5, 5.41) is 9.13. The van der Waals surface area contributed by atoms with Crippen LogP contribution in [-0.2, 0) is 16.0 Å². The lowest BCUT2D eigenvalue weighted by Crippen LogP contribution is -2.50. The fourth-order valence-electron chi connectivity index (χ4n) is 1.50. The van der Waals surface area contributed by atoms with Gasteiger partial charge in [0.05, 0.1) is 0 Å². The number of carboxylic acids is 1. The maximum atomic E-state index is 11.4. The number of aliphatic carboxylic acids is 1. The molecular formula is C14H20N2O4. The second-order valence-electron chi connectivity index (χ2n) is 5.35. The summed E-state index contributed by atoms with van der Waals surface area (Å²) in [7, 11) is 0. The molecule has 1 aromatic carbocycles. The van der Waals surface area contributed by atoms with Crippen molar-refractivity contribution >= 4 is 12.1 Å². The van der Waals surface area contributed by atoms with Crippen molar-refractivity contribution < 1.29 is 19.4 Å². The summed E-state index contributed by atoms with van der Waals surface area (Å²) in [6.45, 7) is 5.18. The Labute approximate surface area is 118 Å². The lowest BCUT2D eigenvalue weighted by atomic mass is 10.1. The molecule has 0 bridgehead atoms. The summed E-state index contributed by atoms with van der Waals surface area (Å²) in [5.74, 6) is -1.05. The minimum Gasteiger partial charge on any atom is -0.480 e. The lowest BCUT2D eigenvalue weighted by Gasteiger charge is -2.21. The highest BCUT2D eigenvalue weighted by Crippen LogP contribution is 2.06. The average molecular weight is 280 g/mol. The van der Waals surface area contributed by atoms with Gasteiger partial charge in [-0.2, -0.15) is 0 Å². The summed E-state index contributed by atoms with van der Waals surface area (Å²) < 4.78 is 5.01. The van der Waals surface area contributed by atoms with Crippen molar-refractivity contribution in [2.75, 3.05) is 0 Å². The molecule has 0 heterocycles. The van der Waals surface area contributed by atoms with E-state index in [9.17, 15) is 9.59 Å². The Bertz CT molecular complexity index is 454. The molecule has 0 fully saturated rings. The van der Waals surface area contributed by atoms with Gasteiger partial charge in [-0.15, -0.1) is 0 Å². The lowest BCUT2D eigenvalue weighted by molar-refractivity contribution is -0.139. The van der Waals surface area contributed by atoms with Crippen LogP contribution in [-0.4, -0.2) is 28.8 Å². The molecule has 0 aliphatic heterocycles. The number of carboxylic acid groups (broad SMARTS) is 1. The molecule has 0 saturated carbocycles. The van der Waals surface area contributed by atoms with Gasteiger partial charge in [0, 0.05) is 6.42 Å². The van der Waals surface area contributed by atoms with Crippen molar-refractivity contribution in [3.63, 3.8) is 0 Å². The van der Waals surface area contributed by atoms with E-state index in [2.05, 4.69) is 10.9 Å². The first-order valence-electron chi connectivity index (χ1n) is 6.29. The molecule has 20 heavy (non-hydrogen) atoms. The number of nitrogens with one attached hydrogen (secondary N) is 2. The maximum Gasteiger partial charge on any atom is 0.422 e. The van der Waals surface area contributed by atoms with Gasteiger partial charge in [-0.1, -0.05) is 30.3 Å². The molecule has 1 rings (SSSR count). The van der Waals surface area contributed by atoms with E-state index in [1.165, 1.54) is 0 Å². The van der Waals surface area contributed by atoms with Crippen LogP contribution >= 0.6 is 0 Å². The minimum absolute atomic E-state index is 0.256. The number of carbonyl (C=O) groups is 2. The van der Waals surface area contributed by atoms with E-state index in [1.807, 2.05) is 30.3 Å². The summed E-state index contributed by atoms with van der Waals surface area (Å²) in [5.41, 5.74) is 4.94. The highest BCUT2D eigenvalue weighted by molar-refractivity contribution is 5.75. The zero-order valence-electron chi connectivity index (χ0n) is 11.8. The van der Waals surface area contributed by atoms with Crippen LogP contribution in [0.4, 0.5) is 4.79 Å². The summed E-state index contributed by atoms with van der Waals surface area (Å²) >= 11 is 0. The van der Waals surface area contributed by atoms with Gasteiger partial charge < -0.3 is 9.84 Å². The summed E-state index contributed by atoms with van der Waals surface area (Å²) in [4.78, 5) is 22.6. The zero-order chi connectivity index (χ0) is 15.2. The van der Waals surface area contributed by atoms with E-state index >= 15 is 0 Å². The van der Waals surface area contributed by atoms with E-state index < -0.39 is 23.7 Å². The van der Waals surface area contributed by atoms with E-state index in [1.54, 1.807) is 20.8 Å². The van der Waals surface area contributed by atoms with Gasteiger partial charge in [0.25, 0.3) is 0 Å². The largest absolute Gasteiger partial charge is 0.480 e. The monoisotopic (exact) mass is 280 g/mol. The van der Waals surface area contributed by atoms with Crippen LogP contribution in [0.2, 0.25) is 0 Å². The second kappa shape index (κ2) is 6.91. The predicted octanol–water partition coefficient (Wildman–Crippen LogP) is 1.71. The fourth-order valence-corrected chi connectivity index (χ4v) is 1.50. The average Bonchev–Trinajstić information content (AvgIpc) is 2.33. The van der Waals surface area contributed by atoms with Gasteiger partial charge in [-0.3, -0.25) is 10.2 Å². The molecule has 6 heteroatoms. The molecule has 110 valence electrons. The van der Waals surface area contributed by atoms with E-state index in [-0.39, 0.29) is 6.42 Å². The number of hydrazine groups is 1. The number of ether oxygens (including phenoxy) is 1. The van der Waals surface area contributed by atoms with Gasteiger partial charge in [0.1, 0.15) is 11.6 Å². The first kappa shape index (κ1) is 16.0. The molecule has 3 N–H and O–H groups in total. The van der Waals surface area contributed by atoms with Crippen molar-refractivity contribution in [3.8, 4) is 0 Å². The maximum absolute atomic E-state index is 11.4. The molecule has 1 unspecified atom stereocenters. The van der Waals surface area contributed by atoms with Crippen molar-refractivity contribution in [3.05, 3.63) is 35.9 Å².